The number of pyridine rings is 1. The van der Waals surface area contributed by atoms with Crippen molar-refractivity contribution in [2.24, 2.45) is 5.73 Å². The molecule has 4 N–H and O–H groups in total. The third-order valence-corrected chi connectivity index (χ3v) is 5.06. The van der Waals surface area contributed by atoms with Gasteiger partial charge in [0.1, 0.15) is 5.65 Å². The van der Waals surface area contributed by atoms with Gasteiger partial charge in [-0.1, -0.05) is 6.92 Å². The number of nitrogens with two attached hydrogens (primary N) is 1. The van der Waals surface area contributed by atoms with Crippen molar-refractivity contribution in [1.82, 2.24) is 9.97 Å². The number of anilines is 1. The molecule has 5 nitrogen and oxygen atoms in total. The molecule has 112 valence electrons. The molecule has 0 aliphatic carbocycles. The molecule has 1 unspecified atom stereocenters. The Hall–Kier alpha value is -1.53. The first-order chi connectivity index (χ1) is 10.1. The molecule has 2 aromatic heterocycles. The first-order valence-corrected chi connectivity index (χ1v) is 8.43. The molecule has 3 heterocycles. The van der Waals surface area contributed by atoms with Crippen LogP contribution in [0.3, 0.4) is 0 Å². The molecule has 21 heavy (non-hydrogen) atoms. The van der Waals surface area contributed by atoms with Crippen molar-refractivity contribution in [3.05, 3.63) is 24.0 Å². The lowest BCUT2D eigenvalue weighted by Crippen LogP contribution is -2.41. The second kappa shape index (κ2) is 5.35. The van der Waals surface area contributed by atoms with Gasteiger partial charge in [0.2, 0.25) is 0 Å². The minimum Gasteiger partial charge on any atom is -0.369 e. The topological polar surface area (TPSA) is 81.8 Å². The van der Waals surface area contributed by atoms with Crippen LogP contribution in [0.5, 0.6) is 0 Å². The van der Waals surface area contributed by atoms with Crippen LogP contribution in [0.2, 0.25) is 0 Å². The molecule has 1 atom stereocenters. The zero-order valence-electron chi connectivity index (χ0n) is 12.4. The summed E-state index contributed by atoms with van der Waals surface area (Å²) in [5, 5.41) is 9.73. The second-order valence-electron chi connectivity index (χ2n) is 5.68. The smallest absolute Gasteiger partial charge is 0.140 e. The third kappa shape index (κ3) is 2.42. The average Bonchev–Trinajstić information content (AvgIpc) is 3.11. The Morgan fingerprint density at radius 1 is 1.62 bits per heavy atom. The Balaban J connectivity index is 2.07. The number of thioether (sulfide) groups is 1. The Kier molecular flexibility index (Phi) is 3.67. The first-order valence-electron chi connectivity index (χ1n) is 7.21. The number of nitrogens with zero attached hydrogens (tertiary/aromatic N) is 2. The van der Waals surface area contributed by atoms with E-state index in [2.05, 4.69) is 21.8 Å². The van der Waals surface area contributed by atoms with Crippen molar-refractivity contribution in [2.45, 2.75) is 25.3 Å². The molecule has 0 amide bonds. The summed E-state index contributed by atoms with van der Waals surface area (Å²) >= 11 is 1.45. The third-order valence-electron chi connectivity index (χ3n) is 4.43. The summed E-state index contributed by atoms with van der Waals surface area (Å²) in [6.45, 7) is 3.97. The van der Waals surface area contributed by atoms with Crippen LogP contribution < -0.4 is 10.6 Å². The van der Waals surface area contributed by atoms with Crippen molar-refractivity contribution >= 4 is 33.5 Å². The van der Waals surface area contributed by atoms with E-state index < -0.39 is 0 Å². The van der Waals surface area contributed by atoms with Crippen LogP contribution in [-0.2, 0) is 0 Å². The standard InChI is InChI=1S/C15H21N5S/c1-3-15(17)5-7-20(9-15)11-4-6-18-14-12(11)10(8-19-14)13(16)21-2/h4,6,8,16H,3,5,7,9,17H2,1-2H3,(H,18,19). The fourth-order valence-electron chi connectivity index (χ4n) is 2.98. The highest BCUT2D eigenvalue weighted by Gasteiger charge is 2.33. The minimum absolute atomic E-state index is 0.0981. The molecular weight excluding hydrogens is 282 g/mol. The van der Waals surface area contributed by atoms with Gasteiger partial charge in [0.25, 0.3) is 0 Å². The minimum atomic E-state index is -0.0981. The molecule has 1 aliphatic heterocycles. The fraction of sp³-hybridized carbons (Fsp3) is 0.467. The molecule has 1 aliphatic rings. The van der Waals surface area contributed by atoms with E-state index in [1.165, 1.54) is 11.8 Å². The van der Waals surface area contributed by atoms with Gasteiger partial charge >= 0.3 is 0 Å². The maximum Gasteiger partial charge on any atom is 0.140 e. The zero-order valence-corrected chi connectivity index (χ0v) is 13.3. The Labute approximate surface area is 128 Å². The number of hydrogen-bond donors (Lipinski definition) is 3. The van der Waals surface area contributed by atoms with Crippen LogP contribution in [-0.4, -0.2) is 39.9 Å². The SMILES string of the molecule is CCC1(N)CCN(c2ccnc3[nH]cc(C(=N)SC)c23)C1. The number of rotatable bonds is 3. The number of aromatic nitrogens is 2. The predicted molar refractivity (Wildman–Crippen MR) is 90.5 cm³/mol. The molecule has 0 spiro atoms. The molecule has 1 fully saturated rings. The summed E-state index contributed by atoms with van der Waals surface area (Å²) in [5.41, 5.74) is 9.22. The van der Waals surface area contributed by atoms with Gasteiger partial charge in [-0.15, -0.1) is 11.8 Å². The van der Waals surface area contributed by atoms with Gasteiger partial charge in [-0.25, -0.2) is 4.98 Å². The monoisotopic (exact) mass is 303 g/mol. The van der Waals surface area contributed by atoms with Crippen LogP contribution in [0.4, 0.5) is 5.69 Å². The zero-order chi connectivity index (χ0) is 15.0. The first kappa shape index (κ1) is 14.4. The number of H-pyrrole nitrogens is 1. The highest BCUT2D eigenvalue weighted by Crippen LogP contribution is 2.34. The van der Waals surface area contributed by atoms with Crippen molar-refractivity contribution < 1.29 is 0 Å². The van der Waals surface area contributed by atoms with Crippen LogP contribution in [0.25, 0.3) is 11.0 Å². The average molecular weight is 303 g/mol. The number of nitrogens with one attached hydrogen (secondary N) is 2. The second-order valence-corrected chi connectivity index (χ2v) is 6.49. The van der Waals surface area contributed by atoms with Gasteiger partial charge in [-0.2, -0.15) is 0 Å². The van der Waals surface area contributed by atoms with Gasteiger partial charge in [-0.05, 0) is 25.2 Å². The summed E-state index contributed by atoms with van der Waals surface area (Å²) in [4.78, 5) is 9.90. The van der Waals surface area contributed by atoms with Gasteiger partial charge in [0.15, 0.2) is 0 Å². The summed E-state index contributed by atoms with van der Waals surface area (Å²) < 4.78 is 0. The van der Waals surface area contributed by atoms with Gasteiger partial charge in [-0.3, -0.25) is 5.41 Å². The lowest BCUT2D eigenvalue weighted by Gasteiger charge is -2.24. The van der Waals surface area contributed by atoms with E-state index >= 15 is 0 Å². The van der Waals surface area contributed by atoms with E-state index in [9.17, 15) is 0 Å². The Bertz CT molecular complexity index is 680. The molecule has 0 aromatic carbocycles. The molecule has 2 aromatic rings. The molecule has 6 heteroatoms. The lowest BCUT2D eigenvalue weighted by molar-refractivity contribution is 0.457. The number of hydrogen-bond acceptors (Lipinski definition) is 5. The van der Waals surface area contributed by atoms with Crippen LogP contribution in [0.1, 0.15) is 25.3 Å². The van der Waals surface area contributed by atoms with Crippen LogP contribution in [0.15, 0.2) is 18.5 Å². The van der Waals surface area contributed by atoms with E-state index in [1.54, 1.807) is 0 Å². The van der Waals surface area contributed by atoms with Crippen molar-refractivity contribution in [1.29, 1.82) is 5.41 Å². The molecule has 3 rings (SSSR count). The molecule has 0 radical (unpaired) electrons. The molecular formula is C15H21N5S. The summed E-state index contributed by atoms with van der Waals surface area (Å²) in [6.07, 6.45) is 7.62. The summed E-state index contributed by atoms with van der Waals surface area (Å²) in [6, 6.07) is 2.04. The Morgan fingerprint density at radius 3 is 3.10 bits per heavy atom. The van der Waals surface area contributed by atoms with Crippen LogP contribution >= 0.6 is 11.8 Å². The van der Waals surface area contributed by atoms with Crippen molar-refractivity contribution in [3.8, 4) is 0 Å². The van der Waals surface area contributed by atoms with E-state index in [0.717, 1.165) is 48.2 Å². The van der Waals surface area contributed by atoms with E-state index in [1.807, 2.05) is 24.7 Å². The highest BCUT2D eigenvalue weighted by molar-refractivity contribution is 8.13. The predicted octanol–water partition coefficient (Wildman–Crippen LogP) is 2.57. The van der Waals surface area contributed by atoms with Crippen molar-refractivity contribution in [2.75, 3.05) is 24.2 Å². The van der Waals surface area contributed by atoms with E-state index in [4.69, 9.17) is 11.1 Å². The molecule has 0 bridgehead atoms. The fourth-order valence-corrected chi connectivity index (χ4v) is 3.36. The van der Waals surface area contributed by atoms with Crippen molar-refractivity contribution in [3.63, 3.8) is 0 Å². The van der Waals surface area contributed by atoms with E-state index in [-0.39, 0.29) is 5.54 Å². The summed E-state index contributed by atoms with van der Waals surface area (Å²) in [5.74, 6) is 0. The highest BCUT2D eigenvalue weighted by atomic mass is 32.2. The maximum atomic E-state index is 8.13. The largest absolute Gasteiger partial charge is 0.369 e. The normalized spacial score (nSPS) is 22.1. The number of aromatic amines is 1. The van der Waals surface area contributed by atoms with E-state index in [0.29, 0.717) is 5.04 Å². The molecule has 0 saturated carbocycles. The van der Waals surface area contributed by atoms with Crippen LogP contribution in [0, 0.1) is 5.41 Å². The van der Waals surface area contributed by atoms with Gasteiger partial charge < -0.3 is 15.6 Å². The van der Waals surface area contributed by atoms with Gasteiger partial charge in [0, 0.05) is 36.6 Å². The van der Waals surface area contributed by atoms with Gasteiger partial charge in [0.05, 0.1) is 16.1 Å². The summed E-state index contributed by atoms with van der Waals surface area (Å²) in [7, 11) is 0. The lowest BCUT2D eigenvalue weighted by atomic mass is 9.97. The number of fused-ring (bicyclic) bond motifs is 1. The Morgan fingerprint density at radius 2 is 2.43 bits per heavy atom. The quantitative estimate of drug-likeness (QED) is 0.601. The maximum absolute atomic E-state index is 8.13. The molecule has 1 saturated heterocycles.